The average molecular weight is 336 g/mol. The van der Waals surface area contributed by atoms with Crippen LogP contribution in [0.3, 0.4) is 0 Å². The highest BCUT2D eigenvalue weighted by Crippen LogP contribution is 2.27. The van der Waals surface area contributed by atoms with Crippen molar-refractivity contribution in [2.24, 2.45) is 5.73 Å². The largest absolute Gasteiger partial charge is 0.326 e. The minimum absolute atomic E-state index is 0.0156. The fraction of sp³-hybridized carbons (Fsp3) is 0.538. The van der Waals surface area contributed by atoms with Gasteiger partial charge in [-0.3, -0.25) is 0 Å². The molecule has 2 rings (SSSR count). The molecule has 1 unspecified atom stereocenters. The second kappa shape index (κ2) is 6.18. The van der Waals surface area contributed by atoms with Gasteiger partial charge in [-0.15, -0.1) is 0 Å². The van der Waals surface area contributed by atoms with Gasteiger partial charge >= 0.3 is 0 Å². The number of nitrogens with zero attached hydrogens (tertiary/aromatic N) is 2. The van der Waals surface area contributed by atoms with Gasteiger partial charge in [0, 0.05) is 32.2 Å². The summed E-state index contributed by atoms with van der Waals surface area (Å²) in [4.78, 5) is 1.99. The van der Waals surface area contributed by atoms with Crippen molar-refractivity contribution in [1.82, 2.24) is 9.21 Å². The topological polar surface area (TPSA) is 66.6 Å². The number of sulfonamides is 1. The van der Waals surface area contributed by atoms with Crippen LogP contribution in [0.15, 0.2) is 17.0 Å². The molecule has 2 N–H and O–H groups in total. The zero-order valence-electron chi connectivity index (χ0n) is 12.0. The van der Waals surface area contributed by atoms with Crippen LogP contribution in [0, 0.1) is 5.82 Å². The van der Waals surface area contributed by atoms with Crippen LogP contribution < -0.4 is 5.73 Å². The third kappa shape index (κ3) is 3.22. The molecule has 1 heterocycles. The Morgan fingerprint density at radius 1 is 1.43 bits per heavy atom. The number of benzene rings is 1. The van der Waals surface area contributed by atoms with E-state index < -0.39 is 15.8 Å². The van der Waals surface area contributed by atoms with Crippen LogP contribution in [0.2, 0.25) is 5.02 Å². The van der Waals surface area contributed by atoms with E-state index in [-0.39, 0.29) is 28.1 Å². The lowest BCUT2D eigenvalue weighted by molar-refractivity contribution is 0.159. The lowest BCUT2D eigenvalue weighted by Gasteiger charge is -2.36. The summed E-state index contributed by atoms with van der Waals surface area (Å²) in [6.45, 7) is 3.33. The number of hydrogen-bond acceptors (Lipinski definition) is 4. The first-order valence-corrected chi connectivity index (χ1v) is 8.47. The number of hydrogen-bond donors (Lipinski definition) is 1. The van der Waals surface area contributed by atoms with Gasteiger partial charge in [-0.1, -0.05) is 11.6 Å². The molecule has 0 bridgehead atoms. The molecule has 1 aliphatic rings. The summed E-state index contributed by atoms with van der Waals surface area (Å²) in [5.41, 5.74) is 5.77. The number of halogens is 2. The van der Waals surface area contributed by atoms with E-state index in [2.05, 4.69) is 4.90 Å². The van der Waals surface area contributed by atoms with Crippen molar-refractivity contribution in [3.8, 4) is 0 Å². The number of piperazine rings is 1. The first kappa shape index (κ1) is 16.6. The minimum atomic E-state index is -3.74. The standard InChI is InChI=1S/C13H19ClFN3O2S/c1-9-8-18(4-3-17(9)2)21(19,20)11-5-10(7-16)13(14)12(15)6-11/h5-6,9H,3-4,7-8,16H2,1-2H3. The quantitative estimate of drug-likeness (QED) is 0.903. The Morgan fingerprint density at radius 3 is 2.67 bits per heavy atom. The van der Waals surface area contributed by atoms with Crippen LogP contribution in [0.1, 0.15) is 12.5 Å². The zero-order valence-corrected chi connectivity index (χ0v) is 13.6. The molecule has 1 aliphatic heterocycles. The van der Waals surface area contributed by atoms with Crippen LogP contribution in [0.5, 0.6) is 0 Å². The maximum absolute atomic E-state index is 13.8. The molecule has 1 saturated heterocycles. The van der Waals surface area contributed by atoms with Crippen molar-refractivity contribution >= 4 is 21.6 Å². The van der Waals surface area contributed by atoms with E-state index in [1.165, 1.54) is 10.4 Å². The Hall–Kier alpha value is -0.730. The van der Waals surface area contributed by atoms with Gasteiger partial charge in [0.1, 0.15) is 5.82 Å². The second-order valence-electron chi connectivity index (χ2n) is 5.28. The monoisotopic (exact) mass is 335 g/mol. The first-order chi connectivity index (χ1) is 9.77. The van der Waals surface area contributed by atoms with Crippen molar-refractivity contribution < 1.29 is 12.8 Å². The normalized spacial score (nSPS) is 21.7. The maximum atomic E-state index is 13.8. The van der Waals surface area contributed by atoms with E-state index >= 15 is 0 Å². The summed E-state index contributed by atoms with van der Waals surface area (Å²) in [5.74, 6) is -0.764. The molecule has 1 atom stereocenters. The fourth-order valence-electron chi connectivity index (χ4n) is 2.30. The fourth-order valence-corrected chi connectivity index (χ4v) is 4.06. The van der Waals surface area contributed by atoms with Crippen molar-refractivity contribution in [3.63, 3.8) is 0 Å². The molecule has 0 amide bonds. The van der Waals surface area contributed by atoms with Crippen LogP contribution in [0.25, 0.3) is 0 Å². The summed E-state index contributed by atoms with van der Waals surface area (Å²) in [6, 6.07) is 2.42. The lowest BCUT2D eigenvalue weighted by Crippen LogP contribution is -2.51. The van der Waals surface area contributed by atoms with Gasteiger partial charge < -0.3 is 10.6 Å². The lowest BCUT2D eigenvalue weighted by atomic mass is 10.2. The summed E-state index contributed by atoms with van der Waals surface area (Å²) in [6.07, 6.45) is 0. The Kier molecular flexibility index (Phi) is 4.89. The molecule has 118 valence electrons. The Balaban J connectivity index is 2.38. The van der Waals surface area contributed by atoms with Gasteiger partial charge in [0.05, 0.1) is 9.92 Å². The zero-order chi connectivity index (χ0) is 15.8. The maximum Gasteiger partial charge on any atom is 0.243 e. The van der Waals surface area contributed by atoms with E-state index in [9.17, 15) is 12.8 Å². The highest BCUT2D eigenvalue weighted by molar-refractivity contribution is 7.89. The van der Waals surface area contributed by atoms with Crippen molar-refractivity contribution in [3.05, 3.63) is 28.5 Å². The minimum Gasteiger partial charge on any atom is -0.326 e. The number of likely N-dealkylation sites (N-methyl/N-ethyl adjacent to an activating group) is 1. The molecule has 0 aliphatic carbocycles. The smallest absolute Gasteiger partial charge is 0.243 e. The molecule has 0 saturated carbocycles. The van der Waals surface area contributed by atoms with Crippen LogP contribution in [-0.4, -0.2) is 50.3 Å². The highest BCUT2D eigenvalue weighted by atomic mass is 35.5. The predicted octanol–water partition coefficient (Wildman–Crippen LogP) is 1.26. The summed E-state index contributed by atoms with van der Waals surface area (Å²) < 4.78 is 40.4. The van der Waals surface area contributed by atoms with E-state index in [0.717, 1.165) is 6.07 Å². The van der Waals surface area contributed by atoms with Gasteiger partial charge in [0.15, 0.2) is 0 Å². The third-order valence-corrected chi connectivity index (χ3v) is 6.12. The molecule has 0 radical (unpaired) electrons. The molecule has 8 heteroatoms. The van der Waals surface area contributed by atoms with E-state index in [1.807, 2.05) is 14.0 Å². The molecule has 21 heavy (non-hydrogen) atoms. The molecule has 1 fully saturated rings. The van der Waals surface area contributed by atoms with Gasteiger partial charge in [-0.25, -0.2) is 12.8 Å². The molecule has 0 spiro atoms. The van der Waals surface area contributed by atoms with Gasteiger partial charge in [0.25, 0.3) is 0 Å². The van der Waals surface area contributed by atoms with Crippen molar-refractivity contribution in [1.29, 1.82) is 0 Å². The molecular formula is C13H19ClFN3O2S. The molecule has 1 aromatic rings. The van der Waals surface area contributed by atoms with Crippen LogP contribution in [-0.2, 0) is 16.6 Å². The molecule has 5 nitrogen and oxygen atoms in total. The number of rotatable bonds is 3. The van der Waals surface area contributed by atoms with E-state index in [4.69, 9.17) is 17.3 Å². The Morgan fingerprint density at radius 2 is 2.10 bits per heavy atom. The van der Waals surface area contributed by atoms with E-state index in [0.29, 0.717) is 19.6 Å². The van der Waals surface area contributed by atoms with Crippen molar-refractivity contribution in [2.75, 3.05) is 26.7 Å². The van der Waals surface area contributed by atoms with Crippen LogP contribution in [0.4, 0.5) is 4.39 Å². The van der Waals surface area contributed by atoms with Gasteiger partial charge in [0.2, 0.25) is 10.0 Å². The first-order valence-electron chi connectivity index (χ1n) is 6.65. The molecular weight excluding hydrogens is 317 g/mol. The van der Waals surface area contributed by atoms with Crippen LogP contribution >= 0.6 is 11.6 Å². The summed E-state index contributed by atoms with van der Waals surface area (Å²) in [7, 11) is -1.79. The number of nitrogens with two attached hydrogens (primary N) is 1. The van der Waals surface area contributed by atoms with Gasteiger partial charge in [-0.2, -0.15) is 4.31 Å². The predicted molar refractivity (Wildman–Crippen MR) is 80.2 cm³/mol. The third-order valence-electron chi connectivity index (χ3n) is 3.86. The SMILES string of the molecule is CC1CN(S(=O)(=O)c2cc(F)c(Cl)c(CN)c2)CCN1C. The Labute approximate surface area is 129 Å². The average Bonchev–Trinajstić information content (AvgIpc) is 2.44. The highest BCUT2D eigenvalue weighted by Gasteiger charge is 2.31. The summed E-state index contributed by atoms with van der Waals surface area (Å²) in [5, 5.41) is -0.122. The molecule has 0 aromatic heterocycles. The summed E-state index contributed by atoms with van der Waals surface area (Å²) >= 11 is 5.77. The van der Waals surface area contributed by atoms with Gasteiger partial charge in [-0.05, 0) is 31.7 Å². The van der Waals surface area contributed by atoms with Crippen molar-refractivity contribution in [2.45, 2.75) is 24.4 Å². The van der Waals surface area contributed by atoms with E-state index in [1.54, 1.807) is 0 Å². The molecule has 1 aromatic carbocycles. The second-order valence-corrected chi connectivity index (χ2v) is 7.59. The Bertz CT molecular complexity index is 639.